The average molecular weight is 317 g/mol. The van der Waals surface area contributed by atoms with E-state index in [4.69, 9.17) is 14.6 Å². The number of ether oxygens (including phenoxy) is 2. The highest BCUT2D eigenvalue weighted by molar-refractivity contribution is 7.89. The molecular weight excluding hydrogens is 294 g/mol. The topological polar surface area (TPSA) is 84.9 Å². The Morgan fingerprint density at radius 1 is 1.10 bits per heavy atom. The Labute approximate surface area is 126 Å². The molecular formula is C14H23NO5S. The molecule has 0 saturated carbocycles. The minimum atomic E-state index is -3.65. The summed E-state index contributed by atoms with van der Waals surface area (Å²) < 4.78 is 37.5. The van der Waals surface area contributed by atoms with E-state index in [9.17, 15) is 8.42 Å². The molecule has 1 rings (SSSR count). The van der Waals surface area contributed by atoms with Crippen LogP contribution in [0.3, 0.4) is 0 Å². The van der Waals surface area contributed by atoms with Crippen molar-refractivity contribution < 1.29 is 23.0 Å². The van der Waals surface area contributed by atoms with Gasteiger partial charge in [-0.3, -0.25) is 0 Å². The third-order valence-corrected chi connectivity index (χ3v) is 4.01. The van der Waals surface area contributed by atoms with Crippen LogP contribution in [0.2, 0.25) is 0 Å². The van der Waals surface area contributed by atoms with Crippen molar-refractivity contribution in [2.45, 2.75) is 31.6 Å². The van der Waals surface area contributed by atoms with Gasteiger partial charge in [-0.15, -0.1) is 0 Å². The molecule has 0 spiro atoms. The highest BCUT2D eigenvalue weighted by atomic mass is 32.2. The Balaban J connectivity index is 3.02. The summed E-state index contributed by atoms with van der Waals surface area (Å²) in [4.78, 5) is 0.0888. The highest BCUT2D eigenvalue weighted by Crippen LogP contribution is 2.30. The third kappa shape index (κ3) is 5.53. The third-order valence-electron chi connectivity index (χ3n) is 2.55. The molecule has 7 heteroatoms. The number of aliphatic hydroxyl groups is 1. The molecule has 1 aromatic carbocycles. The molecule has 0 aliphatic carbocycles. The fourth-order valence-corrected chi connectivity index (χ4v) is 2.61. The number of hydrogen-bond donors (Lipinski definition) is 2. The zero-order valence-electron chi connectivity index (χ0n) is 12.5. The molecule has 0 saturated heterocycles. The first kappa shape index (κ1) is 17.7. The molecule has 0 radical (unpaired) electrons. The summed E-state index contributed by atoms with van der Waals surface area (Å²) in [5.41, 5.74) is 0. The van der Waals surface area contributed by atoms with Gasteiger partial charge in [0.05, 0.1) is 24.7 Å². The quantitative estimate of drug-likeness (QED) is 0.684. The zero-order valence-corrected chi connectivity index (χ0v) is 13.3. The average Bonchev–Trinajstić information content (AvgIpc) is 2.49. The van der Waals surface area contributed by atoms with E-state index in [2.05, 4.69) is 4.72 Å². The molecule has 0 heterocycles. The lowest BCUT2D eigenvalue weighted by Gasteiger charge is -2.14. The van der Waals surface area contributed by atoms with Gasteiger partial charge in [0.2, 0.25) is 10.0 Å². The van der Waals surface area contributed by atoms with Gasteiger partial charge in [0, 0.05) is 12.6 Å². The van der Waals surface area contributed by atoms with Crippen molar-refractivity contribution in [3.05, 3.63) is 18.2 Å². The second kappa shape index (κ2) is 8.86. The van der Waals surface area contributed by atoms with Crippen molar-refractivity contribution in [3.8, 4) is 11.5 Å². The molecule has 120 valence electrons. The van der Waals surface area contributed by atoms with E-state index in [1.54, 1.807) is 6.07 Å². The van der Waals surface area contributed by atoms with Crippen LogP contribution in [0.15, 0.2) is 23.1 Å². The Morgan fingerprint density at radius 3 is 2.29 bits per heavy atom. The lowest BCUT2D eigenvalue weighted by molar-refractivity contribution is 0.267. The van der Waals surface area contributed by atoms with E-state index in [1.165, 1.54) is 12.1 Å². The van der Waals surface area contributed by atoms with Crippen molar-refractivity contribution in [2.75, 3.05) is 26.4 Å². The number of hydrogen-bond acceptors (Lipinski definition) is 5. The van der Waals surface area contributed by atoms with E-state index >= 15 is 0 Å². The molecule has 0 aliphatic rings. The van der Waals surface area contributed by atoms with Crippen molar-refractivity contribution >= 4 is 10.0 Å². The van der Waals surface area contributed by atoms with Crippen LogP contribution in [0.1, 0.15) is 26.7 Å². The maximum atomic E-state index is 12.0. The number of benzene rings is 1. The van der Waals surface area contributed by atoms with Gasteiger partial charge in [-0.1, -0.05) is 13.8 Å². The first-order valence-corrected chi connectivity index (χ1v) is 8.53. The first-order valence-electron chi connectivity index (χ1n) is 7.05. The predicted octanol–water partition coefficient (Wildman–Crippen LogP) is 1.53. The summed E-state index contributed by atoms with van der Waals surface area (Å²) in [6.07, 6.45) is 1.66. The van der Waals surface area contributed by atoms with Gasteiger partial charge >= 0.3 is 0 Å². The van der Waals surface area contributed by atoms with Crippen LogP contribution in [0.25, 0.3) is 0 Å². The largest absolute Gasteiger partial charge is 0.490 e. The molecule has 0 amide bonds. The van der Waals surface area contributed by atoms with E-state index < -0.39 is 10.0 Å². The molecule has 0 fully saturated rings. The monoisotopic (exact) mass is 317 g/mol. The van der Waals surface area contributed by atoms with Crippen LogP contribution in [0, 0.1) is 0 Å². The SMILES string of the molecule is CCCOc1ccc(S(=O)(=O)NCCO)cc1OCCC. The summed E-state index contributed by atoms with van der Waals surface area (Å²) >= 11 is 0. The van der Waals surface area contributed by atoms with Gasteiger partial charge in [-0.05, 0) is 25.0 Å². The second-order valence-electron chi connectivity index (χ2n) is 4.43. The van der Waals surface area contributed by atoms with E-state index in [-0.39, 0.29) is 18.0 Å². The minimum Gasteiger partial charge on any atom is -0.490 e. The van der Waals surface area contributed by atoms with Crippen LogP contribution in [-0.4, -0.2) is 39.9 Å². The summed E-state index contributed by atoms with van der Waals surface area (Å²) in [6, 6.07) is 4.50. The Kier molecular flexibility index (Phi) is 7.49. The van der Waals surface area contributed by atoms with Crippen LogP contribution in [-0.2, 0) is 10.0 Å². The first-order chi connectivity index (χ1) is 10.0. The van der Waals surface area contributed by atoms with Crippen LogP contribution >= 0.6 is 0 Å². The van der Waals surface area contributed by atoms with Gasteiger partial charge in [0.25, 0.3) is 0 Å². The molecule has 6 nitrogen and oxygen atoms in total. The molecule has 21 heavy (non-hydrogen) atoms. The maximum Gasteiger partial charge on any atom is 0.240 e. The Hall–Kier alpha value is -1.31. The Morgan fingerprint density at radius 2 is 1.71 bits per heavy atom. The van der Waals surface area contributed by atoms with Gasteiger partial charge in [-0.25, -0.2) is 13.1 Å². The van der Waals surface area contributed by atoms with Crippen molar-refractivity contribution in [2.24, 2.45) is 0 Å². The molecule has 1 aromatic rings. The van der Waals surface area contributed by atoms with Crippen LogP contribution in [0.4, 0.5) is 0 Å². The molecule has 2 N–H and O–H groups in total. The number of rotatable bonds is 10. The molecule has 0 aliphatic heterocycles. The smallest absolute Gasteiger partial charge is 0.240 e. The van der Waals surface area contributed by atoms with Gasteiger partial charge in [0.15, 0.2) is 11.5 Å². The standard InChI is InChI=1S/C14H23NO5S/c1-3-9-19-13-6-5-12(11-14(13)20-10-4-2)21(17,18)15-7-8-16/h5-6,11,15-16H,3-4,7-10H2,1-2H3. The normalized spacial score (nSPS) is 11.4. The molecule has 0 bridgehead atoms. The lowest BCUT2D eigenvalue weighted by Crippen LogP contribution is -2.26. The van der Waals surface area contributed by atoms with Gasteiger partial charge in [0.1, 0.15) is 0 Å². The van der Waals surface area contributed by atoms with Gasteiger partial charge in [-0.2, -0.15) is 0 Å². The summed E-state index contributed by atoms with van der Waals surface area (Å²) in [7, 11) is -3.65. The number of sulfonamides is 1. The predicted molar refractivity (Wildman–Crippen MR) is 80.3 cm³/mol. The van der Waals surface area contributed by atoms with Crippen molar-refractivity contribution in [1.82, 2.24) is 4.72 Å². The van der Waals surface area contributed by atoms with E-state index in [0.717, 1.165) is 12.8 Å². The maximum absolute atomic E-state index is 12.0. The fraction of sp³-hybridized carbons (Fsp3) is 0.571. The van der Waals surface area contributed by atoms with Gasteiger partial charge < -0.3 is 14.6 Å². The minimum absolute atomic E-state index is 0.0262. The van der Waals surface area contributed by atoms with E-state index in [1.807, 2.05) is 13.8 Å². The Bertz CT molecular complexity index is 530. The fourth-order valence-electron chi connectivity index (χ4n) is 1.57. The molecule has 0 aromatic heterocycles. The van der Waals surface area contributed by atoms with Crippen molar-refractivity contribution in [1.29, 1.82) is 0 Å². The second-order valence-corrected chi connectivity index (χ2v) is 6.19. The molecule has 0 unspecified atom stereocenters. The summed E-state index contributed by atoms with van der Waals surface area (Å²) in [5.74, 6) is 0.948. The highest BCUT2D eigenvalue weighted by Gasteiger charge is 2.16. The summed E-state index contributed by atoms with van der Waals surface area (Å²) in [6.45, 7) is 4.70. The lowest BCUT2D eigenvalue weighted by atomic mass is 10.3. The number of nitrogens with one attached hydrogen (secondary N) is 1. The number of aliphatic hydroxyl groups excluding tert-OH is 1. The zero-order chi connectivity index (χ0) is 15.7. The van der Waals surface area contributed by atoms with Crippen LogP contribution < -0.4 is 14.2 Å². The van der Waals surface area contributed by atoms with Crippen molar-refractivity contribution in [3.63, 3.8) is 0 Å². The summed E-state index contributed by atoms with van der Waals surface area (Å²) in [5, 5.41) is 8.72. The molecule has 0 atom stereocenters. The van der Waals surface area contributed by atoms with E-state index in [0.29, 0.717) is 24.7 Å². The van der Waals surface area contributed by atoms with Crippen LogP contribution in [0.5, 0.6) is 11.5 Å².